The number of amides is 1. The van der Waals surface area contributed by atoms with Crippen LogP contribution in [0.2, 0.25) is 5.28 Å². The van der Waals surface area contributed by atoms with E-state index in [0.717, 1.165) is 25.1 Å². The Morgan fingerprint density at radius 1 is 1.55 bits per heavy atom. The Labute approximate surface area is 136 Å². The molecule has 122 valence electrons. The highest BCUT2D eigenvalue weighted by molar-refractivity contribution is 6.28. The standard InChI is InChI=1S/C15H23ClN4O2/c1-15(2,3)22-14(21)20-8-4-5-12(20)10-17-9-11-6-7-18-13(16)19-11/h6-7,12,17H,4-5,8-10H2,1-3H3/t12-/m1/s1. The zero-order valence-corrected chi connectivity index (χ0v) is 14.1. The van der Waals surface area contributed by atoms with Crippen LogP contribution in [0.25, 0.3) is 0 Å². The van der Waals surface area contributed by atoms with Crippen LogP contribution in [0.15, 0.2) is 12.3 Å². The number of nitrogens with one attached hydrogen (secondary N) is 1. The minimum atomic E-state index is -0.463. The number of halogens is 1. The lowest BCUT2D eigenvalue weighted by atomic mass is 10.2. The van der Waals surface area contributed by atoms with E-state index in [1.54, 1.807) is 6.20 Å². The Kier molecular flexibility index (Phi) is 5.58. The molecule has 2 rings (SSSR count). The first kappa shape index (κ1) is 17.0. The number of hydrogen-bond acceptors (Lipinski definition) is 5. The van der Waals surface area contributed by atoms with Crippen molar-refractivity contribution in [3.05, 3.63) is 23.2 Å². The van der Waals surface area contributed by atoms with Gasteiger partial charge in [-0.15, -0.1) is 0 Å². The average Bonchev–Trinajstić information content (AvgIpc) is 2.85. The lowest BCUT2D eigenvalue weighted by Crippen LogP contribution is -2.44. The molecular weight excluding hydrogens is 304 g/mol. The van der Waals surface area contributed by atoms with Gasteiger partial charge in [-0.2, -0.15) is 0 Å². The van der Waals surface area contributed by atoms with Gasteiger partial charge in [0.05, 0.1) is 5.69 Å². The van der Waals surface area contributed by atoms with E-state index in [0.29, 0.717) is 13.1 Å². The molecule has 1 amide bonds. The van der Waals surface area contributed by atoms with Crippen LogP contribution in [0.3, 0.4) is 0 Å². The number of nitrogens with zero attached hydrogens (tertiary/aromatic N) is 3. The Morgan fingerprint density at radius 2 is 2.32 bits per heavy atom. The summed E-state index contributed by atoms with van der Waals surface area (Å²) in [4.78, 5) is 22.0. The summed E-state index contributed by atoms with van der Waals surface area (Å²) in [6.07, 6.45) is 3.39. The molecular formula is C15H23ClN4O2. The summed E-state index contributed by atoms with van der Waals surface area (Å²) in [5, 5.41) is 3.57. The maximum Gasteiger partial charge on any atom is 0.410 e. The van der Waals surface area contributed by atoms with Gasteiger partial charge in [-0.1, -0.05) is 0 Å². The maximum atomic E-state index is 12.2. The molecule has 0 saturated carbocycles. The van der Waals surface area contributed by atoms with Gasteiger partial charge in [0, 0.05) is 31.9 Å². The summed E-state index contributed by atoms with van der Waals surface area (Å²) in [5.41, 5.74) is 0.372. The SMILES string of the molecule is CC(C)(C)OC(=O)N1CCC[C@@H]1CNCc1ccnc(Cl)n1. The van der Waals surface area contributed by atoms with Gasteiger partial charge in [0.1, 0.15) is 5.60 Å². The molecule has 1 aromatic rings. The van der Waals surface area contributed by atoms with E-state index in [2.05, 4.69) is 15.3 Å². The molecule has 0 radical (unpaired) electrons. The van der Waals surface area contributed by atoms with E-state index < -0.39 is 5.60 Å². The molecule has 1 atom stereocenters. The van der Waals surface area contributed by atoms with Gasteiger partial charge in [-0.05, 0) is 51.3 Å². The summed E-state index contributed by atoms with van der Waals surface area (Å²) < 4.78 is 5.45. The monoisotopic (exact) mass is 326 g/mol. The lowest BCUT2D eigenvalue weighted by Gasteiger charge is -2.28. The van der Waals surface area contributed by atoms with Crippen molar-refractivity contribution < 1.29 is 9.53 Å². The molecule has 0 aromatic carbocycles. The zero-order valence-electron chi connectivity index (χ0n) is 13.3. The molecule has 1 fully saturated rings. The number of aromatic nitrogens is 2. The fourth-order valence-electron chi connectivity index (χ4n) is 2.44. The minimum absolute atomic E-state index is 0.159. The molecule has 1 N–H and O–H groups in total. The van der Waals surface area contributed by atoms with Crippen LogP contribution in [0.5, 0.6) is 0 Å². The van der Waals surface area contributed by atoms with Gasteiger partial charge in [-0.25, -0.2) is 14.8 Å². The van der Waals surface area contributed by atoms with E-state index in [1.807, 2.05) is 31.7 Å². The Bertz CT molecular complexity index is 519. The summed E-state index contributed by atoms with van der Waals surface area (Å²) in [6.45, 7) is 7.70. The number of carbonyl (C=O) groups excluding carboxylic acids is 1. The van der Waals surface area contributed by atoms with Crippen LogP contribution in [-0.2, 0) is 11.3 Å². The predicted molar refractivity (Wildman–Crippen MR) is 84.7 cm³/mol. The van der Waals surface area contributed by atoms with Gasteiger partial charge < -0.3 is 15.0 Å². The largest absolute Gasteiger partial charge is 0.444 e. The van der Waals surface area contributed by atoms with E-state index in [-0.39, 0.29) is 17.4 Å². The smallest absolute Gasteiger partial charge is 0.410 e. The van der Waals surface area contributed by atoms with Gasteiger partial charge >= 0.3 is 6.09 Å². The molecule has 6 nitrogen and oxygen atoms in total. The van der Waals surface area contributed by atoms with Crippen molar-refractivity contribution >= 4 is 17.7 Å². The fraction of sp³-hybridized carbons (Fsp3) is 0.667. The van der Waals surface area contributed by atoms with Gasteiger partial charge in [0.15, 0.2) is 0 Å². The molecule has 1 aliphatic heterocycles. The lowest BCUT2D eigenvalue weighted by molar-refractivity contribution is 0.0226. The molecule has 1 aromatic heterocycles. The molecule has 0 aliphatic carbocycles. The highest BCUT2D eigenvalue weighted by Crippen LogP contribution is 2.20. The van der Waals surface area contributed by atoms with Crippen LogP contribution < -0.4 is 5.32 Å². The molecule has 1 saturated heterocycles. The first-order chi connectivity index (χ1) is 10.3. The Balaban J connectivity index is 1.82. The quantitative estimate of drug-likeness (QED) is 0.861. The van der Waals surface area contributed by atoms with Crippen LogP contribution in [-0.4, -0.2) is 45.7 Å². The molecule has 22 heavy (non-hydrogen) atoms. The third kappa shape index (κ3) is 5.10. The van der Waals surface area contributed by atoms with Crippen molar-refractivity contribution in [3.8, 4) is 0 Å². The van der Waals surface area contributed by atoms with Gasteiger partial charge in [-0.3, -0.25) is 0 Å². The summed E-state index contributed by atoms with van der Waals surface area (Å²) in [7, 11) is 0. The van der Waals surface area contributed by atoms with Crippen LogP contribution in [0, 0.1) is 0 Å². The first-order valence-electron chi connectivity index (χ1n) is 7.53. The van der Waals surface area contributed by atoms with Crippen LogP contribution in [0.1, 0.15) is 39.3 Å². The molecule has 0 spiro atoms. The average molecular weight is 327 g/mol. The van der Waals surface area contributed by atoms with E-state index in [4.69, 9.17) is 16.3 Å². The first-order valence-corrected chi connectivity index (χ1v) is 7.91. The van der Waals surface area contributed by atoms with Crippen LogP contribution >= 0.6 is 11.6 Å². The van der Waals surface area contributed by atoms with Gasteiger partial charge in [0.2, 0.25) is 5.28 Å². The molecule has 0 unspecified atom stereocenters. The topological polar surface area (TPSA) is 67.3 Å². The van der Waals surface area contributed by atoms with Crippen molar-refractivity contribution in [1.82, 2.24) is 20.2 Å². The van der Waals surface area contributed by atoms with Crippen molar-refractivity contribution in [3.63, 3.8) is 0 Å². The Morgan fingerprint density at radius 3 is 3.00 bits per heavy atom. The van der Waals surface area contributed by atoms with E-state index >= 15 is 0 Å². The second-order valence-electron chi connectivity index (χ2n) is 6.42. The Hall–Kier alpha value is -1.40. The molecule has 2 heterocycles. The summed E-state index contributed by atoms with van der Waals surface area (Å²) >= 11 is 5.76. The summed E-state index contributed by atoms with van der Waals surface area (Å²) in [5.74, 6) is 0. The van der Waals surface area contributed by atoms with E-state index in [9.17, 15) is 4.79 Å². The third-order valence-electron chi connectivity index (χ3n) is 3.38. The van der Waals surface area contributed by atoms with Crippen LogP contribution in [0.4, 0.5) is 4.79 Å². The maximum absolute atomic E-state index is 12.2. The minimum Gasteiger partial charge on any atom is -0.444 e. The number of ether oxygens (including phenoxy) is 1. The number of likely N-dealkylation sites (tertiary alicyclic amines) is 1. The highest BCUT2D eigenvalue weighted by Gasteiger charge is 2.31. The van der Waals surface area contributed by atoms with Crippen molar-refractivity contribution in [2.24, 2.45) is 0 Å². The second-order valence-corrected chi connectivity index (χ2v) is 6.76. The predicted octanol–water partition coefficient (Wildman–Crippen LogP) is 2.62. The van der Waals surface area contributed by atoms with E-state index in [1.165, 1.54) is 0 Å². The van der Waals surface area contributed by atoms with Crippen molar-refractivity contribution in [2.75, 3.05) is 13.1 Å². The molecule has 0 bridgehead atoms. The highest BCUT2D eigenvalue weighted by atomic mass is 35.5. The summed E-state index contributed by atoms with van der Waals surface area (Å²) in [6, 6.07) is 1.98. The fourth-order valence-corrected chi connectivity index (χ4v) is 2.61. The normalized spacial score (nSPS) is 18.5. The molecule has 1 aliphatic rings. The number of rotatable bonds is 4. The number of carbonyl (C=O) groups is 1. The number of hydrogen-bond donors (Lipinski definition) is 1. The van der Waals surface area contributed by atoms with Crippen molar-refractivity contribution in [2.45, 2.75) is 51.8 Å². The second kappa shape index (κ2) is 7.24. The molecule has 7 heteroatoms. The van der Waals surface area contributed by atoms with Gasteiger partial charge in [0.25, 0.3) is 0 Å². The zero-order chi connectivity index (χ0) is 16.2. The van der Waals surface area contributed by atoms with Crippen molar-refractivity contribution in [1.29, 1.82) is 0 Å². The third-order valence-corrected chi connectivity index (χ3v) is 3.56.